The molecule has 0 amide bonds. The lowest BCUT2D eigenvalue weighted by Gasteiger charge is -2.18. The second-order valence-electron chi connectivity index (χ2n) is 6.51. The number of nitro groups is 1. The van der Waals surface area contributed by atoms with Crippen LogP contribution in [0.4, 0.5) is 5.69 Å². The molecule has 0 aliphatic carbocycles. The summed E-state index contributed by atoms with van der Waals surface area (Å²) in [6.45, 7) is 7.18. The molecule has 0 saturated heterocycles. The van der Waals surface area contributed by atoms with E-state index in [1.54, 1.807) is 32.9 Å². The van der Waals surface area contributed by atoms with Crippen LogP contribution in [0, 0.1) is 24.0 Å². The fourth-order valence-electron chi connectivity index (χ4n) is 2.98. The van der Waals surface area contributed by atoms with Crippen molar-refractivity contribution in [3.8, 4) is 5.75 Å². The second-order valence-corrected chi connectivity index (χ2v) is 8.44. The minimum atomic E-state index is -3.85. The van der Waals surface area contributed by atoms with Crippen LogP contribution in [0.2, 0.25) is 0 Å². The number of hydrogen-bond acceptors (Lipinski definition) is 6. The molecule has 0 aliphatic heterocycles. The first-order chi connectivity index (χ1) is 13.6. The zero-order valence-electron chi connectivity index (χ0n) is 16.8. The van der Waals surface area contributed by atoms with Gasteiger partial charge in [-0.15, -0.1) is 0 Å². The van der Waals surface area contributed by atoms with Crippen molar-refractivity contribution >= 4 is 21.5 Å². The predicted molar refractivity (Wildman–Crippen MR) is 109 cm³/mol. The van der Waals surface area contributed by atoms with Crippen molar-refractivity contribution in [2.75, 3.05) is 19.7 Å². The number of sulfonamides is 1. The molecule has 0 unspecified atom stereocenters. The first kappa shape index (κ1) is 22.5. The molecule has 0 radical (unpaired) electrons. The molecule has 0 aliphatic rings. The van der Waals surface area contributed by atoms with Gasteiger partial charge in [0.1, 0.15) is 0 Å². The normalized spacial score (nSPS) is 11.5. The van der Waals surface area contributed by atoms with E-state index in [0.717, 1.165) is 17.2 Å². The molecule has 9 heteroatoms. The van der Waals surface area contributed by atoms with Crippen LogP contribution in [-0.2, 0) is 10.0 Å². The Hall–Kier alpha value is -2.78. The fourth-order valence-corrected chi connectivity index (χ4v) is 4.46. The number of aryl methyl sites for hydroxylation is 2. The highest BCUT2D eigenvalue weighted by molar-refractivity contribution is 7.89. The van der Waals surface area contributed by atoms with Gasteiger partial charge >= 0.3 is 5.69 Å². The van der Waals surface area contributed by atoms with Crippen LogP contribution in [0.3, 0.4) is 0 Å². The van der Waals surface area contributed by atoms with Gasteiger partial charge in [-0.1, -0.05) is 37.6 Å². The van der Waals surface area contributed by atoms with Crippen LogP contribution in [0.15, 0.2) is 41.3 Å². The van der Waals surface area contributed by atoms with Crippen LogP contribution in [-0.4, -0.2) is 43.1 Å². The van der Waals surface area contributed by atoms with Gasteiger partial charge < -0.3 is 4.74 Å². The summed E-state index contributed by atoms with van der Waals surface area (Å²) in [5.41, 5.74) is 1.76. The van der Waals surface area contributed by atoms with Gasteiger partial charge in [0, 0.05) is 24.7 Å². The van der Waals surface area contributed by atoms with E-state index in [2.05, 4.69) is 0 Å². The van der Waals surface area contributed by atoms with E-state index in [1.165, 1.54) is 16.4 Å². The number of carbonyl (C=O) groups is 1. The Morgan fingerprint density at radius 1 is 1.10 bits per heavy atom. The monoisotopic (exact) mass is 420 g/mol. The van der Waals surface area contributed by atoms with Crippen molar-refractivity contribution in [2.24, 2.45) is 0 Å². The zero-order valence-corrected chi connectivity index (χ0v) is 17.7. The second kappa shape index (κ2) is 9.15. The summed E-state index contributed by atoms with van der Waals surface area (Å²) in [4.78, 5) is 23.0. The van der Waals surface area contributed by atoms with E-state index in [1.807, 2.05) is 13.0 Å². The van der Waals surface area contributed by atoms with E-state index >= 15 is 0 Å². The minimum absolute atomic E-state index is 0.161. The molecule has 2 aromatic rings. The molecule has 8 nitrogen and oxygen atoms in total. The van der Waals surface area contributed by atoms with Crippen molar-refractivity contribution in [3.63, 3.8) is 0 Å². The summed E-state index contributed by atoms with van der Waals surface area (Å²) < 4.78 is 31.8. The zero-order chi connectivity index (χ0) is 21.8. The maximum absolute atomic E-state index is 12.6. The van der Waals surface area contributed by atoms with Crippen molar-refractivity contribution in [1.29, 1.82) is 0 Å². The van der Waals surface area contributed by atoms with Gasteiger partial charge in [-0.25, -0.2) is 8.42 Å². The SMILES string of the molecule is CCN(CC)S(=O)(=O)c1ccc(OCC(=O)c2ccc(C)cc2C)c([N+](=O)[O-])c1. The molecule has 0 spiro atoms. The molecule has 0 fully saturated rings. The van der Waals surface area contributed by atoms with Crippen molar-refractivity contribution in [3.05, 3.63) is 63.2 Å². The first-order valence-electron chi connectivity index (χ1n) is 9.13. The molecule has 2 rings (SSSR count). The van der Waals surface area contributed by atoms with Crippen LogP contribution in [0.1, 0.15) is 35.3 Å². The van der Waals surface area contributed by atoms with E-state index in [4.69, 9.17) is 4.74 Å². The molecular weight excluding hydrogens is 396 g/mol. The molecule has 0 N–H and O–H groups in total. The fraction of sp³-hybridized carbons (Fsp3) is 0.350. The number of ketones is 1. The van der Waals surface area contributed by atoms with Gasteiger partial charge in [-0.3, -0.25) is 14.9 Å². The molecular formula is C20H24N2O6S. The molecule has 0 heterocycles. The molecule has 29 heavy (non-hydrogen) atoms. The summed E-state index contributed by atoms with van der Waals surface area (Å²) in [6.07, 6.45) is 0. The Labute approximate surface area is 170 Å². The summed E-state index contributed by atoms with van der Waals surface area (Å²) >= 11 is 0. The van der Waals surface area contributed by atoms with Gasteiger partial charge in [0.15, 0.2) is 18.1 Å². The smallest absolute Gasteiger partial charge is 0.312 e. The number of Topliss-reactive ketones (excluding diaryl/α,β-unsaturated/α-hetero) is 1. The maximum Gasteiger partial charge on any atom is 0.312 e. The summed E-state index contributed by atoms with van der Waals surface area (Å²) in [6, 6.07) is 8.77. The Morgan fingerprint density at radius 3 is 2.31 bits per heavy atom. The third kappa shape index (κ3) is 4.99. The number of nitrogens with zero attached hydrogens (tertiary/aromatic N) is 2. The van der Waals surface area contributed by atoms with Crippen LogP contribution in [0.25, 0.3) is 0 Å². The molecule has 0 aromatic heterocycles. The molecule has 0 atom stereocenters. The Balaban J connectivity index is 2.30. The van der Waals surface area contributed by atoms with E-state index in [9.17, 15) is 23.3 Å². The molecule has 0 saturated carbocycles. The van der Waals surface area contributed by atoms with Crippen LogP contribution in [0.5, 0.6) is 5.75 Å². The van der Waals surface area contributed by atoms with Gasteiger partial charge in [-0.2, -0.15) is 4.31 Å². The van der Waals surface area contributed by atoms with Gasteiger partial charge in [0.25, 0.3) is 0 Å². The highest BCUT2D eigenvalue weighted by Gasteiger charge is 2.26. The average Bonchev–Trinajstić information content (AvgIpc) is 2.66. The molecule has 0 bridgehead atoms. The maximum atomic E-state index is 12.6. The summed E-state index contributed by atoms with van der Waals surface area (Å²) in [5, 5.41) is 11.4. The number of ether oxygens (including phenoxy) is 1. The van der Waals surface area contributed by atoms with E-state index < -0.39 is 27.2 Å². The summed E-state index contributed by atoms with van der Waals surface area (Å²) in [5.74, 6) is -0.483. The Bertz CT molecular complexity index is 1030. The van der Waals surface area contributed by atoms with Gasteiger partial charge in [0.2, 0.25) is 10.0 Å². The lowest BCUT2D eigenvalue weighted by atomic mass is 10.0. The highest BCUT2D eigenvalue weighted by Crippen LogP contribution is 2.31. The number of carbonyl (C=O) groups excluding carboxylic acids is 1. The molecule has 156 valence electrons. The van der Waals surface area contributed by atoms with Crippen molar-refractivity contribution < 1.29 is 22.9 Å². The van der Waals surface area contributed by atoms with Crippen molar-refractivity contribution in [2.45, 2.75) is 32.6 Å². The minimum Gasteiger partial charge on any atom is -0.478 e. The van der Waals surface area contributed by atoms with E-state index in [-0.39, 0.29) is 29.5 Å². The quantitative estimate of drug-likeness (QED) is 0.349. The van der Waals surface area contributed by atoms with E-state index in [0.29, 0.717) is 5.56 Å². The number of hydrogen-bond donors (Lipinski definition) is 0. The Morgan fingerprint density at radius 2 is 1.76 bits per heavy atom. The van der Waals surface area contributed by atoms with Crippen molar-refractivity contribution in [1.82, 2.24) is 4.31 Å². The standard InChI is InChI=1S/C20H24N2O6S/c1-5-21(6-2)29(26,27)16-8-10-20(18(12-16)22(24)25)28-13-19(23)17-9-7-14(3)11-15(17)4/h7-12H,5-6,13H2,1-4H3. The largest absolute Gasteiger partial charge is 0.478 e. The highest BCUT2D eigenvalue weighted by atomic mass is 32.2. The van der Waals surface area contributed by atoms with Crippen LogP contribution < -0.4 is 4.74 Å². The number of nitro benzene ring substituents is 1. The lowest BCUT2D eigenvalue weighted by molar-refractivity contribution is -0.386. The predicted octanol–water partition coefficient (Wildman–Crippen LogP) is 3.50. The topological polar surface area (TPSA) is 107 Å². The third-order valence-corrected chi connectivity index (χ3v) is 6.56. The first-order valence-corrected chi connectivity index (χ1v) is 10.6. The third-order valence-electron chi connectivity index (χ3n) is 4.51. The lowest BCUT2D eigenvalue weighted by Crippen LogP contribution is -2.30. The van der Waals surface area contributed by atoms with Crippen LogP contribution >= 0.6 is 0 Å². The van der Waals surface area contributed by atoms with Gasteiger partial charge in [0.05, 0.1) is 9.82 Å². The summed E-state index contributed by atoms with van der Waals surface area (Å²) in [7, 11) is -3.85. The average molecular weight is 420 g/mol. The molecule has 2 aromatic carbocycles. The van der Waals surface area contributed by atoms with Gasteiger partial charge in [-0.05, 0) is 31.5 Å². The number of benzene rings is 2. The number of rotatable bonds is 9. The Kier molecular flexibility index (Phi) is 7.10.